The van der Waals surface area contributed by atoms with Crippen LogP contribution in [0.1, 0.15) is 58.3 Å². The third-order valence-corrected chi connectivity index (χ3v) is 4.77. The Bertz CT molecular complexity index is 299. The zero-order valence-corrected chi connectivity index (χ0v) is 12.9. The predicted octanol–water partition coefficient (Wildman–Crippen LogP) is 2.01. The van der Waals surface area contributed by atoms with Gasteiger partial charge in [0, 0.05) is 19.1 Å². The SMILES string of the molecule is CC(O)C1CCCCN1CC(=O)N1CCCCCCC1. The summed E-state index contributed by atoms with van der Waals surface area (Å²) in [5.74, 6) is 0.263. The second kappa shape index (κ2) is 7.99. The molecule has 2 unspecified atom stereocenters. The van der Waals surface area contributed by atoms with E-state index in [0.717, 1.165) is 45.3 Å². The van der Waals surface area contributed by atoms with Crippen molar-refractivity contribution in [3.8, 4) is 0 Å². The summed E-state index contributed by atoms with van der Waals surface area (Å²) in [6, 6.07) is 0.169. The Morgan fingerprint density at radius 2 is 1.65 bits per heavy atom. The van der Waals surface area contributed by atoms with E-state index in [9.17, 15) is 9.90 Å². The van der Waals surface area contributed by atoms with Crippen molar-refractivity contribution in [2.24, 2.45) is 0 Å². The fraction of sp³-hybridized carbons (Fsp3) is 0.938. The summed E-state index contributed by atoms with van der Waals surface area (Å²) in [4.78, 5) is 16.8. The predicted molar refractivity (Wildman–Crippen MR) is 80.6 cm³/mol. The first-order chi connectivity index (χ1) is 9.68. The molecule has 4 heteroatoms. The molecule has 0 aromatic rings. The standard InChI is InChI=1S/C16H30N2O2/c1-14(19)15-9-5-8-12-18(15)13-16(20)17-10-6-3-2-4-7-11-17/h14-15,19H,2-13H2,1H3. The molecule has 2 aliphatic heterocycles. The maximum absolute atomic E-state index is 12.5. The molecule has 2 fully saturated rings. The lowest BCUT2D eigenvalue weighted by Gasteiger charge is -2.38. The zero-order chi connectivity index (χ0) is 14.4. The number of hydrogen-bond donors (Lipinski definition) is 1. The number of nitrogens with zero attached hydrogens (tertiary/aromatic N) is 2. The molecule has 0 bridgehead atoms. The average molecular weight is 282 g/mol. The summed E-state index contributed by atoms with van der Waals surface area (Å²) in [6.07, 6.45) is 9.12. The van der Waals surface area contributed by atoms with Crippen LogP contribution < -0.4 is 0 Å². The van der Waals surface area contributed by atoms with Gasteiger partial charge in [0.15, 0.2) is 0 Å². The van der Waals surface area contributed by atoms with E-state index in [2.05, 4.69) is 4.90 Å². The average Bonchev–Trinajstić information content (AvgIpc) is 2.38. The Kier molecular flexibility index (Phi) is 6.30. The minimum atomic E-state index is -0.338. The maximum atomic E-state index is 12.5. The van der Waals surface area contributed by atoms with E-state index in [-0.39, 0.29) is 18.1 Å². The molecular formula is C16H30N2O2. The van der Waals surface area contributed by atoms with Crippen molar-refractivity contribution in [2.45, 2.75) is 70.4 Å². The number of aliphatic hydroxyl groups is 1. The zero-order valence-electron chi connectivity index (χ0n) is 12.9. The smallest absolute Gasteiger partial charge is 0.236 e. The maximum Gasteiger partial charge on any atom is 0.236 e. The van der Waals surface area contributed by atoms with Crippen LogP contribution in [-0.2, 0) is 4.79 Å². The normalized spacial score (nSPS) is 27.7. The van der Waals surface area contributed by atoms with Gasteiger partial charge in [0.05, 0.1) is 12.6 Å². The highest BCUT2D eigenvalue weighted by Crippen LogP contribution is 2.20. The molecule has 0 aliphatic carbocycles. The second-order valence-electron chi connectivity index (χ2n) is 6.42. The highest BCUT2D eigenvalue weighted by Gasteiger charge is 2.28. The van der Waals surface area contributed by atoms with Crippen LogP contribution in [0.2, 0.25) is 0 Å². The second-order valence-corrected chi connectivity index (χ2v) is 6.42. The van der Waals surface area contributed by atoms with E-state index in [1.165, 1.54) is 25.7 Å². The molecule has 0 aromatic carbocycles. The first kappa shape index (κ1) is 15.8. The van der Waals surface area contributed by atoms with E-state index in [4.69, 9.17) is 0 Å². The van der Waals surface area contributed by atoms with Crippen LogP contribution in [0.3, 0.4) is 0 Å². The molecule has 4 nitrogen and oxygen atoms in total. The molecule has 2 saturated heterocycles. The van der Waals surface area contributed by atoms with Crippen molar-refractivity contribution in [1.82, 2.24) is 9.80 Å². The lowest BCUT2D eigenvalue weighted by atomic mass is 9.98. The Morgan fingerprint density at radius 1 is 1.05 bits per heavy atom. The van der Waals surface area contributed by atoms with Crippen LogP contribution in [-0.4, -0.2) is 59.1 Å². The van der Waals surface area contributed by atoms with Crippen molar-refractivity contribution in [2.75, 3.05) is 26.2 Å². The minimum Gasteiger partial charge on any atom is -0.392 e. The summed E-state index contributed by atoms with van der Waals surface area (Å²) in [5.41, 5.74) is 0. The fourth-order valence-electron chi connectivity index (χ4n) is 3.53. The van der Waals surface area contributed by atoms with Gasteiger partial charge in [0.25, 0.3) is 0 Å². The molecule has 1 N–H and O–H groups in total. The van der Waals surface area contributed by atoms with Crippen molar-refractivity contribution >= 4 is 5.91 Å². The minimum absolute atomic E-state index is 0.169. The quantitative estimate of drug-likeness (QED) is 0.861. The van der Waals surface area contributed by atoms with Crippen LogP contribution in [0.5, 0.6) is 0 Å². The third-order valence-electron chi connectivity index (χ3n) is 4.77. The molecule has 0 saturated carbocycles. The summed E-state index contributed by atoms with van der Waals surface area (Å²) in [6.45, 7) is 5.15. The van der Waals surface area contributed by atoms with Gasteiger partial charge in [0.1, 0.15) is 0 Å². The Labute approximate surface area is 123 Å². The van der Waals surface area contributed by atoms with Crippen LogP contribution in [0.25, 0.3) is 0 Å². The number of carbonyl (C=O) groups is 1. The number of likely N-dealkylation sites (tertiary alicyclic amines) is 2. The number of carbonyl (C=O) groups excluding carboxylic acids is 1. The lowest BCUT2D eigenvalue weighted by Crippen LogP contribution is -2.50. The lowest BCUT2D eigenvalue weighted by molar-refractivity contribution is -0.134. The summed E-state index contributed by atoms with van der Waals surface area (Å²) < 4.78 is 0. The van der Waals surface area contributed by atoms with Crippen LogP contribution in [0.15, 0.2) is 0 Å². The molecule has 2 rings (SSSR count). The number of rotatable bonds is 3. The summed E-state index contributed by atoms with van der Waals surface area (Å²) in [7, 11) is 0. The van der Waals surface area contributed by atoms with E-state index >= 15 is 0 Å². The molecule has 2 heterocycles. The highest BCUT2D eigenvalue weighted by molar-refractivity contribution is 5.78. The van der Waals surface area contributed by atoms with Crippen LogP contribution in [0.4, 0.5) is 0 Å². The van der Waals surface area contributed by atoms with Crippen LogP contribution in [0, 0.1) is 0 Å². The van der Waals surface area contributed by atoms with Crippen molar-refractivity contribution < 1.29 is 9.90 Å². The highest BCUT2D eigenvalue weighted by atomic mass is 16.3. The number of piperidine rings is 1. The van der Waals surface area contributed by atoms with Crippen LogP contribution >= 0.6 is 0 Å². The summed E-state index contributed by atoms with van der Waals surface area (Å²) in [5, 5.41) is 9.89. The van der Waals surface area contributed by atoms with Crippen molar-refractivity contribution in [1.29, 1.82) is 0 Å². The first-order valence-corrected chi connectivity index (χ1v) is 8.38. The topological polar surface area (TPSA) is 43.8 Å². The largest absolute Gasteiger partial charge is 0.392 e. The van der Waals surface area contributed by atoms with Gasteiger partial charge in [-0.05, 0) is 39.2 Å². The van der Waals surface area contributed by atoms with Gasteiger partial charge in [-0.1, -0.05) is 25.7 Å². The van der Waals surface area contributed by atoms with Gasteiger partial charge in [-0.15, -0.1) is 0 Å². The van der Waals surface area contributed by atoms with Crippen molar-refractivity contribution in [3.63, 3.8) is 0 Å². The number of aliphatic hydroxyl groups excluding tert-OH is 1. The van der Waals surface area contributed by atoms with Gasteiger partial charge in [-0.2, -0.15) is 0 Å². The Morgan fingerprint density at radius 3 is 2.30 bits per heavy atom. The monoisotopic (exact) mass is 282 g/mol. The van der Waals surface area contributed by atoms with Gasteiger partial charge < -0.3 is 10.0 Å². The van der Waals surface area contributed by atoms with E-state index in [1.54, 1.807) is 0 Å². The number of hydrogen-bond acceptors (Lipinski definition) is 3. The van der Waals surface area contributed by atoms with E-state index in [1.807, 2.05) is 11.8 Å². The molecule has 0 aromatic heterocycles. The molecule has 20 heavy (non-hydrogen) atoms. The van der Waals surface area contributed by atoms with Crippen molar-refractivity contribution in [3.05, 3.63) is 0 Å². The molecule has 0 spiro atoms. The molecule has 116 valence electrons. The molecular weight excluding hydrogens is 252 g/mol. The molecule has 2 aliphatic rings. The van der Waals surface area contributed by atoms with Gasteiger partial charge in [0.2, 0.25) is 5.91 Å². The van der Waals surface area contributed by atoms with Gasteiger partial charge in [-0.3, -0.25) is 9.69 Å². The van der Waals surface area contributed by atoms with Gasteiger partial charge >= 0.3 is 0 Å². The van der Waals surface area contributed by atoms with Gasteiger partial charge in [-0.25, -0.2) is 0 Å². The van der Waals surface area contributed by atoms with E-state index < -0.39 is 0 Å². The van der Waals surface area contributed by atoms with E-state index in [0.29, 0.717) is 6.54 Å². The third kappa shape index (κ3) is 4.45. The Balaban J connectivity index is 1.87. The molecule has 1 amide bonds. The first-order valence-electron chi connectivity index (χ1n) is 8.38. The number of amides is 1. The fourth-order valence-corrected chi connectivity index (χ4v) is 3.53. The summed E-state index contributed by atoms with van der Waals surface area (Å²) >= 11 is 0. The molecule has 2 atom stereocenters. The molecule has 0 radical (unpaired) electrons. The Hall–Kier alpha value is -0.610.